The Bertz CT molecular complexity index is 864. The molecule has 4 rings (SSSR count). The van der Waals surface area contributed by atoms with E-state index in [0.717, 1.165) is 61.6 Å². The van der Waals surface area contributed by atoms with E-state index in [1.54, 1.807) is 11.3 Å². The Morgan fingerprint density at radius 3 is 2.92 bits per heavy atom. The first-order chi connectivity index (χ1) is 12.8. The second kappa shape index (κ2) is 7.80. The predicted molar refractivity (Wildman–Crippen MR) is 103 cm³/mol. The molecule has 2 aromatic rings. The second-order valence-electron chi connectivity index (χ2n) is 6.72. The van der Waals surface area contributed by atoms with Crippen molar-refractivity contribution >= 4 is 34.0 Å². The van der Waals surface area contributed by atoms with Gasteiger partial charge < -0.3 is 9.88 Å². The van der Waals surface area contributed by atoms with Gasteiger partial charge >= 0.3 is 0 Å². The van der Waals surface area contributed by atoms with Crippen molar-refractivity contribution < 1.29 is 4.79 Å². The molecule has 26 heavy (non-hydrogen) atoms. The van der Waals surface area contributed by atoms with Gasteiger partial charge in [0.05, 0.1) is 11.3 Å². The van der Waals surface area contributed by atoms with Crippen molar-refractivity contribution in [2.24, 2.45) is 0 Å². The minimum absolute atomic E-state index is 0.0870. The molecule has 136 valence electrons. The van der Waals surface area contributed by atoms with Crippen LogP contribution in [0.1, 0.15) is 53.9 Å². The Balaban J connectivity index is 1.42. The quantitative estimate of drug-likeness (QED) is 0.811. The van der Waals surface area contributed by atoms with Gasteiger partial charge in [0.15, 0.2) is 5.16 Å². The number of nitrogens with one attached hydrogen (secondary N) is 1. The number of anilines is 1. The molecule has 0 bridgehead atoms. The van der Waals surface area contributed by atoms with E-state index in [4.69, 9.17) is 0 Å². The number of nitrogens with zero attached hydrogens (tertiary/aromatic N) is 4. The summed E-state index contributed by atoms with van der Waals surface area (Å²) in [5.74, 6) is 1.23. The van der Waals surface area contributed by atoms with Gasteiger partial charge in [0.1, 0.15) is 16.9 Å². The summed E-state index contributed by atoms with van der Waals surface area (Å²) < 4.78 is 2.15. The molecule has 1 aliphatic carbocycles. The number of nitriles is 1. The smallest absolute Gasteiger partial charge is 0.235 e. The summed E-state index contributed by atoms with van der Waals surface area (Å²) in [7, 11) is 0. The second-order valence-corrected chi connectivity index (χ2v) is 8.77. The number of fused-ring (bicyclic) bond motifs is 2. The number of thiophene rings is 1. The maximum absolute atomic E-state index is 12.4. The number of aromatic nitrogens is 3. The zero-order chi connectivity index (χ0) is 17.9. The minimum Gasteiger partial charge on any atom is -0.316 e. The van der Waals surface area contributed by atoms with Crippen LogP contribution in [0.5, 0.6) is 0 Å². The Morgan fingerprint density at radius 1 is 1.19 bits per heavy atom. The fraction of sp³-hybridized carbons (Fsp3) is 0.556. The highest BCUT2D eigenvalue weighted by Gasteiger charge is 2.22. The Hall–Kier alpha value is -1.85. The van der Waals surface area contributed by atoms with Gasteiger partial charge in [-0.2, -0.15) is 5.26 Å². The molecular weight excluding hydrogens is 366 g/mol. The summed E-state index contributed by atoms with van der Waals surface area (Å²) in [6.07, 6.45) is 8.73. The van der Waals surface area contributed by atoms with Gasteiger partial charge in [-0.1, -0.05) is 18.2 Å². The molecule has 1 amide bonds. The monoisotopic (exact) mass is 387 g/mol. The summed E-state index contributed by atoms with van der Waals surface area (Å²) in [5.41, 5.74) is 1.81. The van der Waals surface area contributed by atoms with E-state index in [1.807, 2.05) is 0 Å². The van der Waals surface area contributed by atoms with E-state index in [-0.39, 0.29) is 11.7 Å². The number of carbonyl (C=O) groups excluding carboxylic acids is 1. The lowest BCUT2D eigenvalue weighted by Crippen LogP contribution is -2.14. The van der Waals surface area contributed by atoms with Gasteiger partial charge in [0.25, 0.3) is 0 Å². The first kappa shape index (κ1) is 17.6. The maximum atomic E-state index is 12.4. The van der Waals surface area contributed by atoms with Crippen molar-refractivity contribution in [1.29, 1.82) is 5.26 Å². The van der Waals surface area contributed by atoms with Crippen LogP contribution in [-0.4, -0.2) is 26.4 Å². The number of rotatable bonds is 4. The van der Waals surface area contributed by atoms with Gasteiger partial charge in [-0.25, -0.2) is 0 Å². The third-order valence-electron chi connectivity index (χ3n) is 4.94. The van der Waals surface area contributed by atoms with Gasteiger partial charge in [-0.05, 0) is 44.1 Å². The van der Waals surface area contributed by atoms with Crippen LogP contribution in [0.2, 0.25) is 0 Å². The molecule has 0 spiro atoms. The topological polar surface area (TPSA) is 83.6 Å². The molecule has 2 aromatic heterocycles. The minimum atomic E-state index is -0.0870. The average Bonchev–Trinajstić information content (AvgIpc) is 3.11. The van der Waals surface area contributed by atoms with Crippen LogP contribution in [-0.2, 0) is 30.6 Å². The van der Waals surface area contributed by atoms with Crippen LogP contribution in [0.25, 0.3) is 0 Å². The first-order valence-corrected chi connectivity index (χ1v) is 11.0. The molecule has 0 aromatic carbocycles. The molecule has 2 aliphatic rings. The Morgan fingerprint density at radius 2 is 2.04 bits per heavy atom. The zero-order valence-corrected chi connectivity index (χ0v) is 16.2. The van der Waals surface area contributed by atoms with Crippen molar-refractivity contribution in [1.82, 2.24) is 14.8 Å². The van der Waals surface area contributed by atoms with E-state index in [0.29, 0.717) is 10.6 Å². The van der Waals surface area contributed by atoms with Crippen LogP contribution in [0, 0.1) is 11.3 Å². The number of carbonyl (C=O) groups is 1. The molecule has 0 atom stereocenters. The zero-order valence-electron chi connectivity index (χ0n) is 14.6. The highest BCUT2D eigenvalue weighted by atomic mass is 32.2. The normalized spacial score (nSPS) is 16.3. The van der Waals surface area contributed by atoms with Gasteiger partial charge in [-0.15, -0.1) is 21.5 Å². The fourth-order valence-corrected chi connectivity index (χ4v) is 5.67. The molecule has 0 fully saturated rings. The summed E-state index contributed by atoms with van der Waals surface area (Å²) in [5, 5.41) is 22.5. The van der Waals surface area contributed by atoms with Gasteiger partial charge in [-0.3, -0.25) is 4.79 Å². The summed E-state index contributed by atoms with van der Waals surface area (Å²) >= 11 is 2.99. The van der Waals surface area contributed by atoms with Crippen LogP contribution in [0.3, 0.4) is 0 Å². The van der Waals surface area contributed by atoms with Crippen molar-refractivity contribution in [3.05, 3.63) is 21.8 Å². The Labute approximate surface area is 161 Å². The number of hydrogen-bond acceptors (Lipinski definition) is 6. The summed E-state index contributed by atoms with van der Waals surface area (Å²) in [6, 6.07) is 2.29. The molecular formula is C18H21N5OS2. The molecule has 0 saturated heterocycles. The lowest BCUT2D eigenvalue weighted by Gasteiger charge is -2.09. The van der Waals surface area contributed by atoms with Crippen molar-refractivity contribution in [2.75, 3.05) is 11.1 Å². The average molecular weight is 388 g/mol. The fourth-order valence-electron chi connectivity index (χ4n) is 3.63. The highest BCUT2D eigenvalue weighted by molar-refractivity contribution is 7.99. The maximum Gasteiger partial charge on any atom is 0.235 e. The van der Waals surface area contributed by atoms with E-state index in [2.05, 4.69) is 26.2 Å². The van der Waals surface area contributed by atoms with E-state index in [1.165, 1.54) is 29.5 Å². The first-order valence-electron chi connectivity index (χ1n) is 9.15. The van der Waals surface area contributed by atoms with E-state index >= 15 is 0 Å². The molecule has 0 radical (unpaired) electrons. The molecule has 1 aliphatic heterocycles. The van der Waals surface area contributed by atoms with Crippen LogP contribution >= 0.6 is 23.1 Å². The molecule has 3 heterocycles. The van der Waals surface area contributed by atoms with Crippen LogP contribution < -0.4 is 5.32 Å². The van der Waals surface area contributed by atoms with Crippen molar-refractivity contribution in [2.45, 2.75) is 63.1 Å². The van der Waals surface area contributed by atoms with Gasteiger partial charge in [0, 0.05) is 17.8 Å². The largest absolute Gasteiger partial charge is 0.316 e. The lowest BCUT2D eigenvalue weighted by atomic mass is 9.96. The van der Waals surface area contributed by atoms with E-state index < -0.39 is 0 Å². The summed E-state index contributed by atoms with van der Waals surface area (Å²) in [4.78, 5) is 13.7. The molecule has 0 unspecified atom stereocenters. The lowest BCUT2D eigenvalue weighted by molar-refractivity contribution is -0.113. The standard InChI is InChI=1S/C18H21N5OS2/c19-10-13-12-6-3-4-7-14(12)26-17(13)20-16(24)11-25-18-22-21-15-8-2-1-5-9-23(15)18/h1-9,11H2,(H,20,24). The third kappa shape index (κ3) is 3.51. The van der Waals surface area contributed by atoms with Crippen LogP contribution in [0.4, 0.5) is 5.00 Å². The molecule has 1 N–H and O–H groups in total. The third-order valence-corrected chi connectivity index (χ3v) is 7.12. The molecule has 6 nitrogen and oxygen atoms in total. The predicted octanol–water partition coefficient (Wildman–Crippen LogP) is 3.55. The van der Waals surface area contributed by atoms with E-state index in [9.17, 15) is 10.1 Å². The SMILES string of the molecule is N#Cc1c(NC(=O)CSc2nnc3n2CCCCC3)sc2c1CCCC2. The number of thioether (sulfide) groups is 1. The summed E-state index contributed by atoms with van der Waals surface area (Å²) in [6.45, 7) is 0.933. The van der Waals surface area contributed by atoms with Crippen LogP contribution in [0.15, 0.2) is 5.16 Å². The van der Waals surface area contributed by atoms with Crippen molar-refractivity contribution in [3.8, 4) is 6.07 Å². The molecule has 8 heteroatoms. The highest BCUT2D eigenvalue weighted by Crippen LogP contribution is 2.37. The molecule has 0 saturated carbocycles. The number of aryl methyl sites for hydroxylation is 2. The number of hydrogen-bond donors (Lipinski definition) is 1. The Kier molecular flexibility index (Phi) is 5.27. The van der Waals surface area contributed by atoms with Crippen molar-refractivity contribution in [3.63, 3.8) is 0 Å². The van der Waals surface area contributed by atoms with Gasteiger partial charge in [0.2, 0.25) is 5.91 Å². The number of amides is 1.